The number of hydrogen-bond acceptors (Lipinski definition) is 5. The molecule has 0 bridgehead atoms. The minimum Gasteiger partial charge on any atom is -0.483 e. The van der Waals surface area contributed by atoms with Gasteiger partial charge in [0.2, 0.25) is 0 Å². The number of morpholine rings is 1. The highest BCUT2D eigenvalue weighted by molar-refractivity contribution is 6.30. The highest BCUT2D eigenvalue weighted by Gasteiger charge is 2.31. The van der Waals surface area contributed by atoms with Crippen molar-refractivity contribution in [2.45, 2.75) is 50.5 Å². The summed E-state index contributed by atoms with van der Waals surface area (Å²) in [4.78, 5) is 15.1. The van der Waals surface area contributed by atoms with E-state index < -0.39 is 0 Å². The molecule has 31 heavy (non-hydrogen) atoms. The molecule has 1 aromatic carbocycles. The third kappa shape index (κ3) is 6.35. The number of nitrogens with one attached hydrogen (secondary N) is 1. The molecule has 7 heteroatoms. The lowest BCUT2D eigenvalue weighted by atomic mass is 9.84. The molecule has 1 amide bonds. The van der Waals surface area contributed by atoms with Gasteiger partial charge < -0.3 is 19.5 Å². The fraction of sp³-hybridized carbons (Fsp3) is 0.708. The van der Waals surface area contributed by atoms with Crippen LogP contribution in [0, 0.1) is 5.92 Å². The van der Waals surface area contributed by atoms with E-state index in [4.69, 9.17) is 25.8 Å². The number of ether oxygens (including phenoxy) is 3. The number of hydrogen-bond donors (Lipinski definition) is 1. The van der Waals surface area contributed by atoms with Crippen LogP contribution >= 0.6 is 11.6 Å². The zero-order chi connectivity index (χ0) is 21.5. The monoisotopic (exact) mass is 450 g/mol. The summed E-state index contributed by atoms with van der Waals surface area (Å²) in [5.74, 6) is 1.63. The Balaban J connectivity index is 1.32. The van der Waals surface area contributed by atoms with Crippen molar-refractivity contribution in [3.05, 3.63) is 28.8 Å². The summed E-state index contributed by atoms with van der Waals surface area (Å²) in [6, 6.07) is 6.05. The molecule has 2 atom stereocenters. The first-order valence-electron chi connectivity index (χ1n) is 11.8. The lowest BCUT2D eigenvalue weighted by molar-refractivity contribution is -0.123. The average Bonchev–Trinajstić information content (AvgIpc) is 3.34. The summed E-state index contributed by atoms with van der Waals surface area (Å²) in [7, 11) is 0. The Hall–Kier alpha value is -1.34. The molecule has 1 N–H and O–H groups in total. The Morgan fingerprint density at radius 1 is 1.13 bits per heavy atom. The van der Waals surface area contributed by atoms with Gasteiger partial charge in [0.1, 0.15) is 5.75 Å². The van der Waals surface area contributed by atoms with Gasteiger partial charge in [-0.25, -0.2) is 0 Å². The van der Waals surface area contributed by atoms with Crippen LogP contribution in [0.4, 0.5) is 0 Å². The molecule has 1 saturated carbocycles. The Morgan fingerprint density at radius 3 is 2.68 bits per heavy atom. The third-order valence-electron chi connectivity index (χ3n) is 6.91. The number of halogens is 1. The van der Waals surface area contributed by atoms with Gasteiger partial charge in [-0.15, -0.1) is 0 Å². The number of nitrogens with zero attached hydrogens (tertiary/aromatic N) is 1. The van der Waals surface area contributed by atoms with Crippen LogP contribution in [-0.2, 0) is 14.3 Å². The van der Waals surface area contributed by atoms with E-state index in [0.29, 0.717) is 18.4 Å². The quantitative estimate of drug-likeness (QED) is 0.655. The van der Waals surface area contributed by atoms with Gasteiger partial charge in [-0.3, -0.25) is 9.69 Å². The lowest BCUT2D eigenvalue weighted by Crippen LogP contribution is -2.52. The largest absolute Gasteiger partial charge is 0.483 e. The molecule has 2 heterocycles. The maximum Gasteiger partial charge on any atom is 0.257 e. The van der Waals surface area contributed by atoms with Crippen LogP contribution < -0.4 is 10.1 Å². The fourth-order valence-electron chi connectivity index (χ4n) is 5.16. The fourth-order valence-corrected chi connectivity index (χ4v) is 5.34. The molecule has 0 spiro atoms. The first-order chi connectivity index (χ1) is 15.2. The molecule has 3 fully saturated rings. The van der Waals surface area contributed by atoms with E-state index in [0.717, 1.165) is 75.1 Å². The van der Waals surface area contributed by atoms with Crippen LogP contribution in [0.2, 0.25) is 5.02 Å². The minimum absolute atomic E-state index is 0.0261. The van der Waals surface area contributed by atoms with Gasteiger partial charge in [0.25, 0.3) is 5.91 Å². The first-order valence-corrected chi connectivity index (χ1v) is 12.2. The third-order valence-corrected chi connectivity index (χ3v) is 7.14. The van der Waals surface area contributed by atoms with Crippen molar-refractivity contribution in [1.29, 1.82) is 0 Å². The Labute approximate surface area is 190 Å². The summed E-state index contributed by atoms with van der Waals surface area (Å²) in [5.41, 5.74) is 1.15. The number of carbonyl (C=O) groups excluding carboxylic acids is 1. The van der Waals surface area contributed by atoms with Gasteiger partial charge in [0.15, 0.2) is 6.61 Å². The maximum atomic E-state index is 12.6. The van der Waals surface area contributed by atoms with Gasteiger partial charge in [0, 0.05) is 43.2 Å². The number of amides is 1. The van der Waals surface area contributed by atoms with E-state index in [1.807, 2.05) is 18.2 Å². The van der Waals surface area contributed by atoms with Crippen molar-refractivity contribution in [2.75, 3.05) is 52.7 Å². The van der Waals surface area contributed by atoms with Crippen LogP contribution in [0.1, 0.15) is 50.0 Å². The van der Waals surface area contributed by atoms with E-state index in [9.17, 15) is 4.79 Å². The van der Waals surface area contributed by atoms with Crippen molar-refractivity contribution in [2.24, 2.45) is 5.92 Å². The smallest absolute Gasteiger partial charge is 0.257 e. The van der Waals surface area contributed by atoms with Gasteiger partial charge in [-0.05, 0) is 48.9 Å². The molecule has 2 aliphatic heterocycles. The minimum atomic E-state index is -0.0817. The van der Waals surface area contributed by atoms with E-state index in [2.05, 4.69) is 10.2 Å². The molecule has 0 radical (unpaired) electrons. The van der Waals surface area contributed by atoms with Crippen LogP contribution in [0.5, 0.6) is 5.75 Å². The van der Waals surface area contributed by atoms with Gasteiger partial charge in [0.05, 0.1) is 19.8 Å². The highest BCUT2D eigenvalue weighted by atomic mass is 35.5. The molecule has 6 nitrogen and oxygen atoms in total. The highest BCUT2D eigenvalue weighted by Crippen LogP contribution is 2.38. The van der Waals surface area contributed by atoms with Crippen molar-refractivity contribution in [1.82, 2.24) is 10.2 Å². The molecule has 0 aromatic heterocycles. The molecule has 2 unspecified atom stereocenters. The second-order valence-corrected chi connectivity index (χ2v) is 9.39. The van der Waals surface area contributed by atoms with E-state index in [1.54, 1.807) is 0 Å². The van der Waals surface area contributed by atoms with Crippen LogP contribution in [0.3, 0.4) is 0 Å². The molecule has 3 aliphatic rings. The molecular formula is C24H35ClN2O4. The second kappa shape index (κ2) is 11.5. The molecule has 1 aliphatic carbocycles. The predicted molar refractivity (Wildman–Crippen MR) is 121 cm³/mol. The Morgan fingerprint density at radius 2 is 1.94 bits per heavy atom. The van der Waals surface area contributed by atoms with E-state index in [-0.39, 0.29) is 18.6 Å². The molecule has 172 valence electrons. The summed E-state index contributed by atoms with van der Waals surface area (Å²) >= 11 is 6.26. The Kier molecular flexibility index (Phi) is 8.48. The van der Waals surface area contributed by atoms with Crippen molar-refractivity contribution in [3.63, 3.8) is 0 Å². The summed E-state index contributed by atoms with van der Waals surface area (Å²) in [6.45, 7) is 5.53. The molecule has 1 aromatic rings. The number of benzene rings is 1. The second-order valence-electron chi connectivity index (χ2n) is 8.95. The van der Waals surface area contributed by atoms with Crippen molar-refractivity contribution in [3.8, 4) is 5.75 Å². The summed E-state index contributed by atoms with van der Waals surface area (Å²) in [5, 5.41) is 3.84. The summed E-state index contributed by atoms with van der Waals surface area (Å²) < 4.78 is 17.1. The number of rotatable bonds is 8. The zero-order valence-electron chi connectivity index (χ0n) is 18.3. The molecule has 4 rings (SSSR count). The normalized spacial score (nSPS) is 24.1. The number of carbonyl (C=O) groups is 1. The van der Waals surface area contributed by atoms with Crippen LogP contribution in [0.25, 0.3) is 0 Å². The zero-order valence-corrected chi connectivity index (χ0v) is 19.1. The average molecular weight is 451 g/mol. The summed E-state index contributed by atoms with van der Waals surface area (Å²) in [6.07, 6.45) is 7.15. The standard InChI is InChI=1S/C24H35ClN2O4/c25-20-6-7-23(21(14-20)18-4-2-1-3-5-18)31-17-24(28)26-15-22(19-8-11-30-16-19)27-9-12-29-13-10-27/h6-7,14,18-19,22H,1-5,8-13,15-17H2,(H,26,28). The maximum absolute atomic E-state index is 12.6. The van der Waals surface area contributed by atoms with Gasteiger partial charge in [-0.2, -0.15) is 0 Å². The lowest BCUT2D eigenvalue weighted by Gasteiger charge is -2.37. The SMILES string of the molecule is O=C(COc1ccc(Cl)cc1C1CCCCC1)NCC(C1CCOC1)N1CCOCC1. The predicted octanol–water partition coefficient (Wildman–Crippen LogP) is 3.62. The van der Waals surface area contributed by atoms with E-state index in [1.165, 1.54) is 19.3 Å². The van der Waals surface area contributed by atoms with Crippen LogP contribution in [0.15, 0.2) is 18.2 Å². The van der Waals surface area contributed by atoms with Crippen molar-refractivity contribution < 1.29 is 19.0 Å². The topological polar surface area (TPSA) is 60.0 Å². The van der Waals surface area contributed by atoms with Crippen molar-refractivity contribution >= 4 is 17.5 Å². The van der Waals surface area contributed by atoms with Crippen LogP contribution in [-0.4, -0.2) is 69.5 Å². The molecular weight excluding hydrogens is 416 g/mol. The van der Waals surface area contributed by atoms with E-state index >= 15 is 0 Å². The first kappa shape index (κ1) is 22.8. The molecule has 2 saturated heterocycles. The van der Waals surface area contributed by atoms with Gasteiger partial charge in [-0.1, -0.05) is 30.9 Å². The Bertz CT molecular complexity index is 714. The van der Waals surface area contributed by atoms with Gasteiger partial charge >= 0.3 is 0 Å².